The van der Waals surface area contributed by atoms with Crippen LogP contribution >= 0.6 is 0 Å². The standard InChI is InChI=1S/C24H22N4O5/c1-15-3-2-4-16(11-15)17-12-25-22(26-13-17)27-21(30)23(31)6-8-24(9-7-23)19-5-10-28(32)14-18(19)20(29)33-24/h2-5,10-14,31H,6-9H2,1H3,(H,25,26,27,30). The van der Waals surface area contributed by atoms with Crippen LogP contribution in [0.1, 0.15) is 47.2 Å². The van der Waals surface area contributed by atoms with E-state index < -0.39 is 23.1 Å². The van der Waals surface area contributed by atoms with Gasteiger partial charge in [0.1, 0.15) is 16.8 Å². The highest BCUT2D eigenvalue weighted by molar-refractivity contribution is 5.96. The van der Waals surface area contributed by atoms with Gasteiger partial charge in [0.25, 0.3) is 5.91 Å². The summed E-state index contributed by atoms with van der Waals surface area (Å²) in [5.41, 5.74) is 1.17. The van der Waals surface area contributed by atoms with Crippen molar-refractivity contribution in [1.29, 1.82) is 0 Å². The molecule has 5 rings (SSSR count). The second-order valence-electron chi connectivity index (χ2n) is 8.67. The molecule has 3 aromatic rings. The van der Waals surface area contributed by atoms with Crippen molar-refractivity contribution in [2.75, 3.05) is 5.32 Å². The molecule has 1 aliphatic carbocycles. The number of carbonyl (C=O) groups is 2. The van der Waals surface area contributed by atoms with Crippen molar-refractivity contribution < 1.29 is 24.2 Å². The van der Waals surface area contributed by atoms with E-state index in [-0.39, 0.29) is 37.2 Å². The summed E-state index contributed by atoms with van der Waals surface area (Å²) in [6.07, 6.45) is 6.42. The summed E-state index contributed by atoms with van der Waals surface area (Å²) in [6, 6.07) is 9.49. The average molecular weight is 446 g/mol. The Balaban J connectivity index is 1.28. The molecule has 0 bridgehead atoms. The maximum atomic E-state index is 12.9. The number of ether oxygens (including phenoxy) is 1. The molecule has 2 aromatic heterocycles. The summed E-state index contributed by atoms with van der Waals surface area (Å²) < 4.78 is 6.16. The van der Waals surface area contributed by atoms with Gasteiger partial charge < -0.3 is 15.1 Å². The smallest absolute Gasteiger partial charge is 0.345 e. The van der Waals surface area contributed by atoms with Crippen LogP contribution in [0, 0.1) is 12.1 Å². The van der Waals surface area contributed by atoms with Crippen LogP contribution in [0.4, 0.5) is 5.95 Å². The highest BCUT2D eigenvalue weighted by Gasteiger charge is 2.53. The lowest BCUT2D eigenvalue weighted by Gasteiger charge is -2.40. The quantitative estimate of drug-likeness (QED) is 0.359. The number of pyridine rings is 1. The first-order valence-corrected chi connectivity index (χ1v) is 10.7. The van der Waals surface area contributed by atoms with Gasteiger partial charge in [-0.15, -0.1) is 0 Å². The Morgan fingerprint density at radius 3 is 2.58 bits per heavy atom. The van der Waals surface area contributed by atoms with Crippen LogP contribution in [0.25, 0.3) is 11.1 Å². The van der Waals surface area contributed by atoms with Gasteiger partial charge in [0.15, 0.2) is 12.4 Å². The second kappa shape index (κ2) is 7.63. The van der Waals surface area contributed by atoms with Crippen molar-refractivity contribution in [2.45, 2.75) is 43.8 Å². The minimum Gasteiger partial charge on any atom is -0.619 e. The summed E-state index contributed by atoms with van der Waals surface area (Å²) in [7, 11) is 0. The molecule has 2 N–H and O–H groups in total. The van der Waals surface area contributed by atoms with Crippen molar-refractivity contribution in [3.63, 3.8) is 0 Å². The molecule has 1 saturated carbocycles. The van der Waals surface area contributed by atoms with Crippen molar-refractivity contribution in [1.82, 2.24) is 9.97 Å². The van der Waals surface area contributed by atoms with E-state index in [0.29, 0.717) is 10.3 Å². The Labute approximate surface area is 189 Å². The van der Waals surface area contributed by atoms with Gasteiger partial charge in [-0.05, 0) is 38.2 Å². The summed E-state index contributed by atoms with van der Waals surface area (Å²) >= 11 is 0. The van der Waals surface area contributed by atoms with Gasteiger partial charge in [0.2, 0.25) is 5.95 Å². The van der Waals surface area contributed by atoms with Crippen molar-refractivity contribution in [2.24, 2.45) is 0 Å². The predicted octanol–water partition coefficient (Wildman–Crippen LogP) is 2.39. The number of hydrogen-bond acceptors (Lipinski definition) is 7. The number of aromatic nitrogens is 3. The molecule has 0 unspecified atom stereocenters. The van der Waals surface area contributed by atoms with Crippen LogP contribution in [-0.2, 0) is 15.1 Å². The maximum Gasteiger partial charge on any atom is 0.345 e. The van der Waals surface area contributed by atoms with Crippen LogP contribution < -0.4 is 10.0 Å². The van der Waals surface area contributed by atoms with Gasteiger partial charge in [0, 0.05) is 29.6 Å². The second-order valence-corrected chi connectivity index (χ2v) is 8.67. The third-order valence-electron chi connectivity index (χ3n) is 6.47. The number of carbonyl (C=O) groups excluding carboxylic acids is 2. The average Bonchev–Trinajstić information content (AvgIpc) is 3.07. The molecule has 1 spiro atoms. The van der Waals surface area contributed by atoms with Gasteiger partial charge in [-0.1, -0.05) is 29.8 Å². The Morgan fingerprint density at radius 2 is 1.88 bits per heavy atom. The van der Waals surface area contributed by atoms with Crippen molar-refractivity contribution in [3.8, 4) is 11.1 Å². The fourth-order valence-electron chi connectivity index (χ4n) is 4.58. The van der Waals surface area contributed by atoms with Gasteiger partial charge in [-0.3, -0.25) is 10.1 Å². The van der Waals surface area contributed by atoms with Crippen LogP contribution in [0.2, 0.25) is 0 Å². The minimum absolute atomic E-state index is 0.0825. The van der Waals surface area contributed by atoms with Gasteiger partial charge in [-0.2, -0.15) is 4.73 Å². The monoisotopic (exact) mass is 446 g/mol. The first-order chi connectivity index (χ1) is 15.8. The van der Waals surface area contributed by atoms with Gasteiger partial charge >= 0.3 is 5.97 Å². The summed E-state index contributed by atoms with van der Waals surface area (Å²) in [5.74, 6) is -1.06. The highest BCUT2D eigenvalue weighted by atomic mass is 16.6. The molecule has 1 aromatic carbocycles. The SMILES string of the molecule is Cc1cccc(-c2cnc(NC(=O)C3(O)CCC4(CC3)OC(=O)c3c[n+]([O-])ccc34)nc2)c1. The fourth-order valence-corrected chi connectivity index (χ4v) is 4.58. The van der Waals surface area contributed by atoms with Gasteiger partial charge in [-0.25, -0.2) is 14.8 Å². The number of hydrogen-bond donors (Lipinski definition) is 2. The lowest BCUT2D eigenvalue weighted by atomic mass is 9.72. The molecule has 0 radical (unpaired) electrons. The summed E-state index contributed by atoms with van der Waals surface area (Å²) in [4.78, 5) is 33.5. The lowest BCUT2D eigenvalue weighted by molar-refractivity contribution is -0.605. The molecule has 2 aliphatic rings. The summed E-state index contributed by atoms with van der Waals surface area (Å²) in [5, 5.41) is 25.1. The molecule has 33 heavy (non-hydrogen) atoms. The zero-order valence-electron chi connectivity index (χ0n) is 17.9. The first kappa shape index (κ1) is 21.0. The van der Waals surface area contributed by atoms with Crippen LogP contribution in [0.5, 0.6) is 0 Å². The molecule has 1 amide bonds. The van der Waals surface area contributed by atoms with E-state index in [4.69, 9.17) is 4.74 Å². The number of amides is 1. The van der Waals surface area contributed by atoms with Crippen molar-refractivity contribution in [3.05, 3.63) is 77.0 Å². The van der Waals surface area contributed by atoms with E-state index >= 15 is 0 Å². The molecule has 3 heterocycles. The predicted molar refractivity (Wildman–Crippen MR) is 117 cm³/mol. The Hall–Kier alpha value is -3.85. The van der Waals surface area contributed by atoms with Crippen LogP contribution in [-0.4, -0.2) is 32.6 Å². The van der Waals surface area contributed by atoms with E-state index in [9.17, 15) is 19.9 Å². The molecule has 1 fully saturated rings. The number of anilines is 1. The largest absolute Gasteiger partial charge is 0.619 e. The van der Waals surface area contributed by atoms with Crippen molar-refractivity contribution >= 4 is 17.8 Å². The topological polar surface area (TPSA) is 128 Å². The number of esters is 1. The lowest BCUT2D eigenvalue weighted by Crippen LogP contribution is -2.49. The molecular weight excluding hydrogens is 424 g/mol. The van der Waals surface area contributed by atoms with Crippen LogP contribution in [0.15, 0.2) is 55.1 Å². The molecule has 9 heteroatoms. The maximum absolute atomic E-state index is 12.9. The molecule has 0 atom stereocenters. The van der Waals surface area contributed by atoms with E-state index in [1.54, 1.807) is 18.5 Å². The van der Waals surface area contributed by atoms with Crippen LogP contribution in [0.3, 0.4) is 0 Å². The highest BCUT2D eigenvalue weighted by Crippen LogP contribution is 2.48. The van der Waals surface area contributed by atoms with E-state index in [0.717, 1.165) is 16.7 Å². The third kappa shape index (κ3) is 3.70. The number of nitrogens with one attached hydrogen (secondary N) is 1. The fraction of sp³-hybridized carbons (Fsp3) is 0.292. The summed E-state index contributed by atoms with van der Waals surface area (Å²) in [6.45, 7) is 2.00. The van der Waals surface area contributed by atoms with E-state index in [1.807, 2.05) is 31.2 Å². The number of fused-ring (bicyclic) bond motifs is 2. The van der Waals surface area contributed by atoms with E-state index in [2.05, 4.69) is 15.3 Å². The third-order valence-corrected chi connectivity index (χ3v) is 6.47. The zero-order valence-corrected chi connectivity index (χ0v) is 17.9. The molecule has 9 nitrogen and oxygen atoms in total. The molecular formula is C24H22N4O5. The minimum atomic E-state index is -1.65. The Kier molecular flexibility index (Phi) is 4.86. The molecule has 168 valence electrons. The normalized spacial score (nSPS) is 23.8. The zero-order chi connectivity index (χ0) is 23.2. The Bertz CT molecular complexity index is 1250. The number of nitrogens with zero attached hydrogens (tertiary/aromatic N) is 3. The van der Waals surface area contributed by atoms with E-state index in [1.165, 1.54) is 12.4 Å². The van der Waals surface area contributed by atoms with Gasteiger partial charge in [0.05, 0.1) is 0 Å². The molecule has 1 aliphatic heterocycles. The number of benzene rings is 1. The Morgan fingerprint density at radius 1 is 1.15 bits per heavy atom. The first-order valence-electron chi connectivity index (χ1n) is 10.7. The number of aliphatic hydroxyl groups is 1. The number of aryl methyl sites for hydroxylation is 1. The molecule has 0 saturated heterocycles. The number of rotatable bonds is 3.